The Morgan fingerprint density at radius 1 is 1.67 bits per heavy atom. The second kappa shape index (κ2) is 6.58. The second-order valence-electron chi connectivity index (χ2n) is 3.47. The largest absolute Gasteiger partial charge is 0.396 e. The van der Waals surface area contributed by atoms with Gasteiger partial charge in [-0.05, 0) is 23.8 Å². The van der Waals surface area contributed by atoms with Crippen LogP contribution in [-0.4, -0.2) is 24.2 Å². The number of amides is 1. The lowest BCUT2D eigenvalue weighted by Crippen LogP contribution is -2.28. The van der Waals surface area contributed by atoms with Gasteiger partial charge in [0.05, 0.1) is 4.88 Å². The van der Waals surface area contributed by atoms with Crippen molar-refractivity contribution in [3.8, 4) is 0 Å². The molecule has 0 saturated heterocycles. The van der Waals surface area contributed by atoms with Gasteiger partial charge >= 0.3 is 0 Å². The standard InChI is InChI=1S/C11H17NO2S/c1-2-9(5-6-13)8-12-11(14)10-4-3-7-15-10/h3-4,7,9,13H,2,5-6,8H2,1H3,(H,12,14). The van der Waals surface area contributed by atoms with Crippen molar-refractivity contribution >= 4 is 17.2 Å². The van der Waals surface area contributed by atoms with Gasteiger partial charge in [0.2, 0.25) is 0 Å². The Bertz CT molecular complexity index is 285. The van der Waals surface area contributed by atoms with E-state index >= 15 is 0 Å². The summed E-state index contributed by atoms with van der Waals surface area (Å²) in [6.45, 7) is 2.90. The maximum absolute atomic E-state index is 11.6. The zero-order valence-corrected chi connectivity index (χ0v) is 9.72. The molecule has 1 rings (SSSR count). The highest BCUT2D eigenvalue weighted by Gasteiger charge is 2.09. The fourth-order valence-corrected chi connectivity index (χ4v) is 2.01. The molecule has 0 saturated carbocycles. The van der Waals surface area contributed by atoms with Crippen LogP contribution < -0.4 is 5.32 Å². The van der Waals surface area contributed by atoms with Gasteiger partial charge in [-0.3, -0.25) is 4.79 Å². The van der Waals surface area contributed by atoms with Gasteiger partial charge in [0, 0.05) is 13.2 Å². The van der Waals surface area contributed by atoms with Gasteiger partial charge in [-0.2, -0.15) is 0 Å². The molecule has 84 valence electrons. The molecule has 0 fully saturated rings. The van der Waals surface area contributed by atoms with E-state index in [1.54, 1.807) is 0 Å². The Morgan fingerprint density at radius 2 is 2.47 bits per heavy atom. The van der Waals surface area contributed by atoms with Gasteiger partial charge in [0.1, 0.15) is 0 Å². The van der Waals surface area contributed by atoms with Crippen molar-refractivity contribution in [2.45, 2.75) is 19.8 Å². The van der Waals surface area contributed by atoms with Gasteiger partial charge < -0.3 is 10.4 Å². The second-order valence-corrected chi connectivity index (χ2v) is 4.42. The summed E-state index contributed by atoms with van der Waals surface area (Å²) in [5, 5.41) is 13.6. The van der Waals surface area contributed by atoms with Crippen molar-refractivity contribution in [3.63, 3.8) is 0 Å². The van der Waals surface area contributed by atoms with Crippen LogP contribution in [0.15, 0.2) is 17.5 Å². The molecule has 1 unspecified atom stereocenters. The summed E-state index contributed by atoms with van der Waals surface area (Å²) in [6, 6.07) is 3.68. The van der Waals surface area contributed by atoms with Gasteiger partial charge in [-0.25, -0.2) is 0 Å². The Hall–Kier alpha value is -0.870. The van der Waals surface area contributed by atoms with Gasteiger partial charge in [0.15, 0.2) is 0 Å². The van der Waals surface area contributed by atoms with E-state index in [1.165, 1.54) is 11.3 Å². The monoisotopic (exact) mass is 227 g/mol. The number of hydrogen-bond donors (Lipinski definition) is 2. The minimum absolute atomic E-state index is 0.0126. The van der Waals surface area contributed by atoms with E-state index in [1.807, 2.05) is 17.5 Å². The molecule has 1 aromatic heterocycles. The van der Waals surface area contributed by atoms with Crippen molar-refractivity contribution in [1.82, 2.24) is 5.32 Å². The summed E-state index contributed by atoms with van der Waals surface area (Å²) in [7, 11) is 0. The number of hydrogen-bond acceptors (Lipinski definition) is 3. The predicted octanol–water partition coefficient (Wildman–Crippen LogP) is 1.89. The van der Waals surface area contributed by atoms with Crippen LogP contribution in [0.4, 0.5) is 0 Å². The molecule has 0 aliphatic heterocycles. The Balaban J connectivity index is 2.33. The fourth-order valence-electron chi connectivity index (χ4n) is 1.37. The van der Waals surface area contributed by atoms with E-state index in [0.717, 1.165) is 17.7 Å². The van der Waals surface area contributed by atoms with Crippen molar-refractivity contribution in [2.75, 3.05) is 13.2 Å². The van der Waals surface area contributed by atoms with Crippen molar-refractivity contribution in [3.05, 3.63) is 22.4 Å². The third-order valence-electron chi connectivity index (χ3n) is 2.41. The molecule has 1 aromatic rings. The molecule has 0 bridgehead atoms. The maximum Gasteiger partial charge on any atom is 0.261 e. The molecule has 1 heterocycles. The molecule has 4 heteroatoms. The first kappa shape index (κ1) is 12.2. The number of rotatable bonds is 6. The van der Waals surface area contributed by atoms with E-state index in [9.17, 15) is 4.79 Å². The first-order valence-corrected chi connectivity index (χ1v) is 6.08. The van der Waals surface area contributed by atoms with E-state index in [4.69, 9.17) is 5.11 Å². The smallest absolute Gasteiger partial charge is 0.261 e. The number of nitrogens with one attached hydrogen (secondary N) is 1. The summed E-state index contributed by atoms with van der Waals surface area (Å²) < 4.78 is 0. The summed E-state index contributed by atoms with van der Waals surface area (Å²) in [6.07, 6.45) is 1.73. The molecule has 0 aliphatic rings. The lowest BCUT2D eigenvalue weighted by molar-refractivity contribution is 0.0947. The van der Waals surface area contributed by atoms with E-state index in [-0.39, 0.29) is 12.5 Å². The summed E-state index contributed by atoms with van der Waals surface area (Å²) in [4.78, 5) is 12.3. The lowest BCUT2D eigenvalue weighted by Gasteiger charge is -2.13. The van der Waals surface area contributed by atoms with E-state index in [2.05, 4.69) is 12.2 Å². The van der Waals surface area contributed by atoms with Crippen molar-refractivity contribution in [1.29, 1.82) is 0 Å². The lowest BCUT2D eigenvalue weighted by atomic mass is 10.0. The molecule has 1 amide bonds. The van der Waals surface area contributed by atoms with Crippen LogP contribution in [0, 0.1) is 5.92 Å². The average molecular weight is 227 g/mol. The minimum Gasteiger partial charge on any atom is -0.396 e. The first-order chi connectivity index (χ1) is 7.27. The van der Waals surface area contributed by atoms with Crippen LogP contribution in [0.25, 0.3) is 0 Å². The number of carbonyl (C=O) groups excluding carboxylic acids is 1. The minimum atomic E-state index is -0.0126. The third kappa shape index (κ3) is 4.01. The molecule has 1 atom stereocenters. The van der Waals surface area contributed by atoms with Gasteiger partial charge in [0.25, 0.3) is 5.91 Å². The number of carbonyl (C=O) groups is 1. The Labute approximate surface area is 94.1 Å². The molecular formula is C11H17NO2S. The summed E-state index contributed by atoms with van der Waals surface area (Å²) in [5.74, 6) is 0.361. The molecular weight excluding hydrogens is 210 g/mol. The molecule has 0 radical (unpaired) electrons. The zero-order chi connectivity index (χ0) is 11.1. The number of aliphatic hydroxyl groups excluding tert-OH is 1. The Kier molecular flexibility index (Phi) is 5.36. The summed E-state index contributed by atoms with van der Waals surface area (Å²) >= 11 is 1.44. The molecule has 0 aromatic carbocycles. The highest BCUT2D eigenvalue weighted by Crippen LogP contribution is 2.09. The molecule has 0 aliphatic carbocycles. The van der Waals surface area contributed by atoms with Crippen molar-refractivity contribution in [2.24, 2.45) is 5.92 Å². The van der Waals surface area contributed by atoms with Crippen LogP contribution in [0.1, 0.15) is 29.4 Å². The van der Waals surface area contributed by atoms with Gasteiger partial charge in [-0.15, -0.1) is 11.3 Å². The Morgan fingerprint density at radius 3 is 3.00 bits per heavy atom. The van der Waals surface area contributed by atoms with Crippen LogP contribution >= 0.6 is 11.3 Å². The average Bonchev–Trinajstić information content (AvgIpc) is 2.77. The maximum atomic E-state index is 11.6. The fraction of sp³-hybridized carbons (Fsp3) is 0.545. The predicted molar refractivity (Wildman–Crippen MR) is 62.1 cm³/mol. The quantitative estimate of drug-likeness (QED) is 0.779. The topological polar surface area (TPSA) is 49.3 Å². The number of aliphatic hydroxyl groups is 1. The molecule has 2 N–H and O–H groups in total. The van der Waals surface area contributed by atoms with Crippen LogP contribution in [0.5, 0.6) is 0 Å². The van der Waals surface area contributed by atoms with Crippen LogP contribution in [0.2, 0.25) is 0 Å². The van der Waals surface area contributed by atoms with E-state index in [0.29, 0.717) is 12.5 Å². The van der Waals surface area contributed by atoms with Crippen LogP contribution in [0.3, 0.4) is 0 Å². The SMILES string of the molecule is CCC(CCO)CNC(=O)c1cccs1. The molecule has 0 spiro atoms. The molecule has 15 heavy (non-hydrogen) atoms. The highest BCUT2D eigenvalue weighted by atomic mass is 32.1. The number of thiophene rings is 1. The zero-order valence-electron chi connectivity index (χ0n) is 8.90. The molecule has 3 nitrogen and oxygen atoms in total. The third-order valence-corrected chi connectivity index (χ3v) is 3.28. The van der Waals surface area contributed by atoms with Crippen LogP contribution in [-0.2, 0) is 0 Å². The van der Waals surface area contributed by atoms with Crippen molar-refractivity contribution < 1.29 is 9.90 Å². The normalized spacial score (nSPS) is 12.4. The highest BCUT2D eigenvalue weighted by molar-refractivity contribution is 7.12. The first-order valence-electron chi connectivity index (χ1n) is 5.20. The summed E-state index contributed by atoms with van der Waals surface area (Å²) in [5.41, 5.74) is 0. The van der Waals surface area contributed by atoms with E-state index < -0.39 is 0 Å². The van der Waals surface area contributed by atoms with Gasteiger partial charge in [-0.1, -0.05) is 19.4 Å².